The number of nitrogens with one attached hydrogen (secondary N) is 1. The summed E-state index contributed by atoms with van der Waals surface area (Å²) in [7, 11) is 0. The van der Waals surface area contributed by atoms with Gasteiger partial charge in [-0.25, -0.2) is 0 Å². The van der Waals surface area contributed by atoms with Crippen LogP contribution >= 0.6 is 0 Å². The van der Waals surface area contributed by atoms with Crippen LogP contribution in [0.25, 0.3) is 0 Å². The molecule has 0 saturated heterocycles. The van der Waals surface area contributed by atoms with Gasteiger partial charge in [-0.15, -0.1) is 0 Å². The van der Waals surface area contributed by atoms with Crippen molar-refractivity contribution in [1.29, 1.82) is 0 Å². The maximum atomic E-state index is 12.4. The fourth-order valence-corrected chi connectivity index (χ4v) is 2.45. The Bertz CT molecular complexity index is 498. The third-order valence-electron chi connectivity index (χ3n) is 3.85. The van der Waals surface area contributed by atoms with Gasteiger partial charge >= 0.3 is 0 Å². The zero-order valence-corrected chi connectivity index (χ0v) is 13.0. The lowest BCUT2D eigenvalue weighted by Crippen LogP contribution is -2.42. The minimum Gasteiger partial charge on any atom is -0.351 e. The first-order valence-corrected chi connectivity index (χ1v) is 7.39. The molecule has 0 bridgehead atoms. The Morgan fingerprint density at radius 2 is 1.95 bits per heavy atom. The molecule has 1 fully saturated rings. The predicted octanol–water partition coefficient (Wildman–Crippen LogP) is 2.74. The fourth-order valence-electron chi connectivity index (χ4n) is 2.45. The summed E-state index contributed by atoms with van der Waals surface area (Å²) in [4.78, 5) is 12.4. The summed E-state index contributed by atoms with van der Waals surface area (Å²) in [5, 5.41) is 3.05. The van der Waals surface area contributed by atoms with Crippen LogP contribution in [0, 0.1) is 0 Å². The third kappa shape index (κ3) is 3.83. The summed E-state index contributed by atoms with van der Waals surface area (Å²) < 4.78 is 0. The van der Waals surface area contributed by atoms with Crippen molar-refractivity contribution in [3.05, 3.63) is 35.4 Å². The van der Waals surface area contributed by atoms with E-state index in [4.69, 9.17) is 5.73 Å². The molecular weight excluding hydrogens is 248 g/mol. The lowest BCUT2D eigenvalue weighted by atomic mass is 9.90. The minimum atomic E-state index is -0.203. The number of carbonyl (C=O) groups excluding carboxylic acids is 1. The number of benzene rings is 1. The van der Waals surface area contributed by atoms with Crippen molar-refractivity contribution in [2.24, 2.45) is 5.73 Å². The summed E-state index contributed by atoms with van der Waals surface area (Å²) in [5.41, 5.74) is 8.31. The molecule has 1 saturated carbocycles. The molecule has 0 aliphatic heterocycles. The quantitative estimate of drug-likeness (QED) is 0.887. The molecule has 20 heavy (non-hydrogen) atoms. The van der Waals surface area contributed by atoms with Gasteiger partial charge < -0.3 is 11.1 Å². The SMILES string of the molecule is CC(C(=O)NC(C)(C)C)c1ccccc1CC1(N)CC1. The van der Waals surface area contributed by atoms with Crippen LogP contribution in [0.3, 0.4) is 0 Å². The zero-order valence-electron chi connectivity index (χ0n) is 13.0. The molecule has 1 aromatic rings. The number of nitrogens with two attached hydrogens (primary N) is 1. The van der Waals surface area contributed by atoms with Crippen molar-refractivity contribution in [1.82, 2.24) is 5.32 Å². The largest absolute Gasteiger partial charge is 0.351 e. The van der Waals surface area contributed by atoms with Crippen LogP contribution in [0.2, 0.25) is 0 Å². The molecule has 0 radical (unpaired) electrons. The Morgan fingerprint density at radius 3 is 2.50 bits per heavy atom. The molecule has 110 valence electrons. The highest BCUT2D eigenvalue weighted by Gasteiger charge is 2.38. The second-order valence-electron chi connectivity index (χ2n) is 7.20. The topological polar surface area (TPSA) is 55.1 Å². The molecule has 3 heteroatoms. The van der Waals surface area contributed by atoms with Crippen molar-refractivity contribution in [3.63, 3.8) is 0 Å². The van der Waals surface area contributed by atoms with E-state index in [2.05, 4.69) is 11.4 Å². The molecule has 2 rings (SSSR count). The minimum absolute atomic E-state index is 0.0314. The summed E-state index contributed by atoms with van der Waals surface area (Å²) in [6.45, 7) is 7.98. The van der Waals surface area contributed by atoms with E-state index in [1.807, 2.05) is 45.9 Å². The molecule has 3 N–H and O–H groups in total. The van der Waals surface area contributed by atoms with Gasteiger partial charge in [0.25, 0.3) is 0 Å². The van der Waals surface area contributed by atoms with Crippen LogP contribution in [0.1, 0.15) is 57.6 Å². The van der Waals surface area contributed by atoms with Crippen molar-refractivity contribution in [2.45, 2.75) is 64.0 Å². The molecule has 1 aromatic carbocycles. The molecule has 0 aromatic heterocycles. The van der Waals surface area contributed by atoms with E-state index in [9.17, 15) is 4.79 Å². The van der Waals surface area contributed by atoms with Crippen molar-refractivity contribution in [2.75, 3.05) is 0 Å². The van der Waals surface area contributed by atoms with Crippen molar-refractivity contribution in [3.8, 4) is 0 Å². The lowest BCUT2D eigenvalue weighted by Gasteiger charge is -2.25. The molecule has 0 spiro atoms. The van der Waals surface area contributed by atoms with Gasteiger partial charge in [0.2, 0.25) is 5.91 Å². The van der Waals surface area contributed by atoms with Gasteiger partial charge in [-0.3, -0.25) is 4.79 Å². The molecule has 1 aliphatic carbocycles. The van der Waals surface area contributed by atoms with Gasteiger partial charge in [-0.05, 0) is 58.1 Å². The second-order valence-corrected chi connectivity index (χ2v) is 7.20. The molecule has 3 nitrogen and oxygen atoms in total. The van der Waals surface area contributed by atoms with E-state index in [0.29, 0.717) is 0 Å². The Morgan fingerprint density at radius 1 is 1.35 bits per heavy atom. The van der Waals surface area contributed by atoms with Crippen LogP contribution in [0.5, 0.6) is 0 Å². The number of carbonyl (C=O) groups is 1. The molecule has 1 amide bonds. The maximum absolute atomic E-state index is 12.4. The Kier molecular flexibility index (Phi) is 3.92. The second kappa shape index (κ2) is 5.21. The summed E-state index contributed by atoms with van der Waals surface area (Å²) in [6, 6.07) is 8.17. The molecule has 1 aliphatic rings. The number of hydrogen-bond donors (Lipinski definition) is 2. The summed E-state index contributed by atoms with van der Waals surface area (Å²) in [5.74, 6) is -0.0698. The number of amides is 1. The molecule has 1 atom stereocenters. The van der Waals surface area contributed by atoms with Gasteiger partial charge in [-0.1, -0.05) is 24.3 Å². The van der Waals surface area contributed by atoms with Crippen LogP contribution in [0.4, 0.5) is 0 Å². The number of hydrogen-bond acceptors (Lipinski definition) is 2. The van der Waals surface area contributed by atoms with Crippen LogP contribution in [0.15, 0.2) is 24.3 Å². The van der Waals surface area contributed by atoms with E-state index in [1.54, 1.807) is 0 Å². The predicted molar refractivity (Wildman–Crippen MR) is 82.6 cm³/mol. The first-order chi connectivity index (χ1) is 9.20. The summed E-state index contributed by atoms with van der Waals surface area (Å²) in [6.07, 6.45) is 3.05. The molecule has 1 unspecified atom stereocenters. The van der Waals surface area contributed by atoms with Crippen LogP contribution < -0.4 is 11.1 Å². The standard InChI is InChI=1S/C17H26N2O/c1-12(15(20)19-16(2,3)4)14-8-6-5-7-13(14)11-17(18)9-10-17/h5-8,12H,9-11,18H2,1-4H3,(H,19,20). The van der Waals surface area contributed by atoms with Gasteiger partial charge in [0.1, 0.15) is 0 Å². The monoisotopic (exact) mass is 274 g/mol. The smallest absolute Gasteiger partial charge is 0.227 e. The highest BCUT2D eigenvalue weighted by Crippen LogP contribution is 2.37. The van der Waals surface area contributed by atoms with E-state index in [-0.39, 0.29) is 22.9 Å². The first-order valence-electron chi connectivity index (χ1n) is 7.39. The first kappa shape index (κ1) is 15.0. The van der Waals surface area contributed by atoms with Crippen LogP contribution in [-0.2, 0) is 11.2 Å². The average molecular weight is 274 g/mol. The van der Waals surface area contributed by atoms with E-state index in [1.165, 1.54) is 5.56 Å². The van der Waals surface area contributed by atoms with Crippen molar-refractivity contribution < 1.29 is 4.79 Å². The Balaban J connectivity index is 2.16. The van der Waals surface area contributed by atoms with E-state index >= 15 is 0 Å². The van der Waals surface area contributed by atoms with Crippen molar-refractivity contribution >= 4 is 5.91 Å². The van der Waals surface area contributed by atoms with E-state index in [0.717, 1.165) is 24.8 Å². The maximum Gasteiger partial charge on any atom is 0.227 e. The Labute approximate surface area is 121 Å². The van der Waals surface area contributed by atoms with Gasteiger partial charge in [-0.2, -0.15) is 0 Å². The third-order valence-corrected chi connectivity index (χ3v) is 3.85. The molecular formula is C17H26N2O. The van der Waals surface area contributed by atoms with Gasteiger partial charge in [0.05, 0.1) is 5.92 Å². The molecule has 0 heterocycles. The zero-order chi connectivity index (χ0) is 15.0. The summed E-state index contributed by atoms with van der Waals surface area (Å²) >= 11 is 0. The van der Waals surface area contributed by atoms with Gasteiger partial charge in [0.15, 0.2) is 0 Å². The van der Waals surface area contributed by atoms with Gasteiger partial charge in [0, 0.05) is 11.1 Å². The average Bonchev–Trinajstić information content (AvgIpc) is 3.04. The highest BCUT2D eigenvalue weighted by molar-refractivity contribution is 5.84. The highest BCUT2D eigenvalue weighted by atomic mass is 16.2. The lowest BCUT2D eigenvalue weighted by molar-refractivity contribution is -0.123. The normalized spacial score (nSPS) is 18.4. The number of rotatable bonds is 4. The Hall–Kier alpha value is -1.35. The van der Waals surface area contributed by atoms with Crippen LogP contribution in [-0.4, -0.2) is 17.0 Å². The fraction of sp³-hybridized carbons (Fsp3) is 0.588. The van der Waals surface area contributed by atoms with E-state index < -0.39 is 0 Å².